The molecule has 2 rings (SSSR count). The fourth-order valence-corrected chi connectivity index (χ4v) is 3.03. The molecule has 1 heterocycles. The summed E-state index contributed by atoms with van der Waals surface area (Å²) in [5, 5.41) is 8.19. The summed E-state index contributed by atoms with van der Waals surface area (Å²) in [5.41, 5.74) is 0.865. The molecule has 2 aromatic rings. The van der Waals surface area contributed by atoms with Crippen molar-refractivity contribution in [3.63, 3.8) is 0 Å². The molecule has 0 saturated heterocycles. The van der Waals surface area contributed by atoms with Crippen LogP contribution >= 0.6 is 22.9 Å². The van der Waals surface area contributed by atoms with Crippen LogP contribution in [-0.4, -0.2) is 11.8 Å². The van der Waals surface area contributed by atoms with Gasteiger partial charge in [-0.25, -0.2) is 0 Å². The molecule has 0 aliphatic rings. The highest BCUT2D eigenvalue weighted by atomic mass is 35.5. The normalized spacial score (nSPS) is 11.7. The molecular formula is C16H17ClN2O2S. The second-order valence-corrected chi connectivity index (χ2v) is 6.23. The molecule has 1 aromatic heterocycles. The van der Waals surface area contributed by atoms with Gasteiger partial charge in [0.15, 0.2) is 0 Å². The van der Waals surface area contributed by atoms with E-state index in [2.05, 4.69) is 10.6 Å². The first-order valence-corrected chi connectivity index (χ1v) is 8.12. The lowest BCUT2D eigenvalue weighted by atomic mass is 10.1. The van der Waals surface area contributed by atoms with Gasteiger partial charge in [-0.05, 0) is 23.1 Å². The zero-order valence-electron chi connectivity index (χ0n) is 12.1. The van der Waals surface area contributed by atoms with Crippen molar-refractivity contribution in [2.45, 2.75) is 25.9 Å². The van der Waals surface area contributed by atoms with Gasteiger partial charge >= 0.3 is 0 Å². The van der Waals surface area contributed by atoms with Crippen molar-refractivity contribution < 1.29 is 9.59 Å². The summed E-state index contributed by atoms with van der Waals surface area (Å²) >= 11 is 7.57. The first-order valence-electron chi connectivity index (χ1n) is 6.87. The van der Waals surface area contributed by atoms with Crippen LogP contribution in [0.3, 0.4) is 0 Å². The third kappa shape index (κ3) is 4.86. The topological polar surface area (TPSA) is 58.2 Å². The van der Waals surface area contributed by atoms with Crippen LogP contribution in [0.15, 0.2) is 41.8 Å². The predicted molar refractivity (Wildman–Crippen MR) is 88.8 cm³/mol. The Balaban J connectivity index is 1.94. The van der Waals surface area contributed by atoms with Gasteiger partial charge in [0.2, 0.25) is 11.8 Å². The highest BCUT2D eigenvalue weighted by Gasteiger charge is 2.18. The summed E-state index contributed by atoms with van der Waals surface area (Å²) in [5.74, 6) is -0.288. The van der Waals surface area contributed by atoms with Crippen molar-refractivity contribution in [1.82, 2.24) is 10.6 Å². The second kappa shape index (κ2) is 7.96. The quantitative estimate of drug-likeness (QED) is 0.850. The maximum absolute atomic E-state index is 12.1. The fraction of sp³-hybridized carbons (Fsp3) is 0.250. The van der Waals surface area contributed by atoms with Gasteiger partial charge in [-0.15, -0.1) is 11.3 Å². The molecule has 1 aromatic carbocycles. The highest BCUT2D eigenvalue weighted by Crippen LogP contribution is 2.22. The first-order chi connectivity index (χ1) is 10.6. The number of halogens is 1. The zero-order valence-corrected chi connectivity index (χ0v) is 13.7. The summed E-state index contributed by atoms with van der Waals surface area (Å²) in [4.78, 5) is 24.4. The van der Waals surface area contributed by atoms with E-state index in [0.29, 0.717) is 11.6 Å². The average molecular weight is 337 g/mol. The molecule has 4 nitrogen and oxygen atoms in total. The minimum Gasteiger partial charge on any atom is -0.352 e. The van der Waals surface area contributed by atoms with E-state index in [9.17, 15) is 9.59 Å². The number of carbonyl (C=O) groups is 2. The highest BCUT2D eigenvalue weighted by molar-refractivity contribution is 7.10. The largest absolute Gasteiger partial charge is 0.352 e. The van der Waals surface area contributed by atoms with Gasteiger partial charge in [0.25, 0.3) is 0 Å². The van der Waals surface area contributed by atoms with Crippen LogP contribution in [0.25, 0.3) is 0 Å². The Kier molecular flexibility index (Phi) is 5.98. The van der Waals surface area contributed by atoms with Gasteiger partial charge < -0.3 is 10.6 Å². The van der Waals surface area contributed by atoms with E-state index in [4.69, 9.17) is 11.6 Å². The van der Waals surface area contributed by atoms with Gasteiger partial charge in [-0.2, -0.15) is 0 Å². The Morgan fingerprint density at radius 1 is 1.23 bits per heavy atom. The molecule has 0 fully saturated rings. The number of benzene rings is 1. The van der Waals surface area contributed by atoms with E-state index in [1.807, 2.05) is 35.7 Å². The van der Waals surface area contributed by atoms with E-state index in [-0.39, 0.29) is 24.3 Å². The lowest BCUT2D eigenvalue weighted by Crippen LogP contribution is -2.32. The molecule has 0 unspecified atom stereocenters. The van der Waals surface area contributed by atoms with Crippen molar-refractivity contribution in [3.8, 4) is 0 Å². The smallest absolute Gasteiger partial charge is 0.222 e. The number of nitrogens with one attached hydrogen (secondary N) is 2. The van der Waals surface area contributed by atoms with E-state index in [1.54, 1.807) is 6.07 Å². The molecule has 0 aliphatic carbocycles. The number of rotatable bonds is 6. The molecule has 0 radical (unpaired) electrons. The van der Waals surface area contributed by atoms with Crippen LogP contribution < -0.4 is 10.6 Å². The van der Waals surface area contributed by atoms with E-state index < -0.39 is 0 Å². The lowest BCUT2D eigenvalue weighted by Gasteiger charge is -2.16. The van der Waals surface area contributed by atoms with Gasteiger partial charge in [0, 0.05) is 23.4 Å². The zero-order chi connectivity index (χ0) is 15.9. The summed E-state index contributed by atoms with van der Waals surface area (Å²) < 4.78 is 0. The second-order valence-electron chi connectivity index (χ2n) is 4.84. The third-order valence-corrected chi connectivity index (χ3v) is 4.44. The monoisotopic (exact) mass is 336 g/mol. The summed E-state index contributed by atoms with van der Waals surface area (Å²) in [7, 11) is 0. The van der Waals surface area contributed by atoms with Gasteiger partial charge in [0.1, 0.15) is 0 Å². The molecule has 6 heteroatoms. The van der Waals surface area contributed by atoms with Crippen LogP contribution in [0, 0.1) is 0 Å². The van der Waals surface area contributed by atoms with E-state index in [0.717, 1.165) is 10.4 Å². The summed E-state index contributed by atoms with van der Waals surface area (Å²) in [6, 6.07) is 10.9. The maximum atomic E-state index is 12.1. The Hall–Kier alpha value is -1.85. The molecule has 2 N–H and O–H groups in total. The average Bonchev–Trinajstić information content (AvgIpc) is 2.99. The van der Waals surface area contributed by atoms with Crippen LogP contribution in [0.1, 0.15) is 29.8 Å². The predicted octanol–water partition coefficient (Wildman–Crippen LogP) is 3.29. The maximum Gasteiger partial charge on any atom is 0.222 e. The van der Waals surface area contributed by atoms with E-state index >= 15 is 0 Å². The minimum absolute atomic E-state index is 0.132. The number of thiophene rings is 1. The Morgan fingerprint density at radius 3 is 2.64 bits per heavy atom. The van der Waals surface area contributed by atoms with Crippen molar-refractivity contribution >= 4 is 34.8 Å². The van der Waals surface area contributed by atoms with Crippen LogP contribution in [0.4, 0.5) is 0 Å². The van der Waals surface area contributed by atoms with Crippen LogP contribution in [0.2, 0.25) is 5.02 Å². The molecule has 22 heavy (non-hydrogen) atoms. The van der Waals surface area contributed by atoms with Crippen molar-refractivity contribution in [2.75, 3.05) is 0 Å². The van der Waals surface area contributed by atoms with Crippen molar-refractivity contribution in [2.24, 2.45) is 0 Å². The molecular weight excluding hydrogens is 320 g/mol. The standard InChI is InChI=1S/C16H17ClN2O2S/c1-11(20)19-14(15-7-4-8-22-15)9-16(21)18-10-12-5-2-3-6-13(12)17/h2-8,14H,9-10H2,1H3,(H,18,21)(H,19,20)/t14-/m1/s1. The Bertz CT molecular complexity index is 643. The summed E-state index contributed by atoms with van der Waals surface area (Å²) in [6.45, 7) is 1.82. The summed E-state index contributed by atoms with van der Waals surface area (Å²) in [6.07, 6.45) is 0.199. The van der Waals surface area contributed by atoms with Gasteiger partial charge in [-0.3, -0.25) is 9.59 Å². The third-order valence-electron chi connectivity index (χ3n) is 3.09. The number of carbonyl (C=O) groups excluding carboxylic acids is 2. The molecule has 1 atom stereocenters. The molecule has 2 amide bonds. The molecule has 0 saturated carbocycles. The number of hydrogen-bond acceptors (Lipinski definition) is 3. The molecule has 0 aliphatic heterocycles. The fourth-order valence-electron chi connectivity index (χ4n) is 2.05. The van der Waals surface area contributed by atoms with E-state index in [1.165, 1.54) is 18.3 Å². The first kappa shape index (κ1) is 16.5. The Labute approximate surface area is 138 Å². The van der Waals surface area contributed by atoms with Gasteiger partial charge in [-0.1, -0.05) is 35.9 Å². The van der Waals surface area contributed by atoms with Crippen LogP contribution in [0.5, 0.6) is 0 Å². The molecule has 116 valence electrons. The number of hydrogen-bond donors (Lipinski definition) is 2. The van der Waals surface area contributed by atoms with Crippen LogP contribution in [-0.2, 0) is 16.1 Å². The van der Waals surface area contributed by atoms with Gasteiger partial charge in [0.05, 0.1) is 12.5 Å². The van der Waals surface area contributed by atoms with Crippen molar-refractivity contribution in [3.05, 3.63) is 57.2 Å². The lowest BCUT2D eigenvalue weighted by molar-refractivity contribution is -0.122. The number of amides is 2. The molecule has 0 spiro atoms. The molecule has 0 bridgehead atoms. The SMILES string of the molecule is CC(=O)N[C@H](CC(=O)NCc1ccccc1Cl)c1cccs1. The minimum atomic E-state index is -0.302. The Morgan fingerprint density at radius 2 is 2.00 bits per heavy atom. The van der Waals surface area contributed by atoms with Crippen molar-refractivity contribution in [1.29, 1.82) is 0 Å².